The molecule has 2 amide bonds. The summed E-state index contributed by atoms with van der Waals surface area (Å²) in [4.78, 5) is 13.6. The molecule has 1 saturated heterocycles. The van der Waals surface area contributed by atoms with Crippen molar-refractivity contribution in [3.8, 4) is 0 Å². The Labute approximate surface area is 89.4 Å². The van der Waals surface area contributed by atoms with Crippen molar-refractivity contribution in [3.05, 3.63) is 0 Å². The predicted octanol–water partition coefficient (Wildman–Crippen LogP) is -0.0584. The molecule has 1 aliphatic carbocycles. The zero-order chi connectivity index (χ0) is 10.7. The van der Waals surface area contributed by atoms with Gasteiger partial charge in [-0.2, -0.15) is 0 Å². The molecule has 0 bridgehead atoms. The van der Waals surface area contributed by atoms with Gasteiger partial charge in [0.05, 0.1) is 19.3 Å². The summed E-state index contributed by atoms with van der Waals surface area (Å²) in [5.74, 6) is 0. The van der Waals surface area contributed by atoms with Crippen molar-refractivity contribution in [2.24, 2.45) is 0 Å². The van der Waals surface area contributed by atoms with Crippen LogP contribution in [0.1, 0.15) is 19.3 Å². The smallest absolute Gasteiger partial charge is 0.318 e. The molecule has 2 N–H and O–H groups in total. The minimum atomic E-state index is -0.0537. The van der Waals surface area contributed by atoms with Crippen LogP contribution in [0.5, 0.6) is 0 Å². The highest BCUT2D eigenvalue weighted by Crippen LogP contribution is 2.26. The Morgan fingerprint density at radius 1 is 1.47 bits per heavy atom. The second kappa shape index (κ2) is 4.81. The number of aliphatic hydroxyl groups is 1. The van der Waals surface area contributed by atoms with E-state index < -0.39 is 0 Å². The predicted molar refractivity (Wildman–Crippen MR) is 54.6 cm³/mol. The lowest BCUT2D eigenvalue weighted by atomic mass is 10.3. The van der Waals surface area contributed by atoms with E-state index >= 15 is 0 Å². The number of ether oxygens (including phenoxy) is 1. The minimum absolute atomic E-state index is 0.0328. The molecule has 86 valence electrons. The quantitative estimate of drug-likeness (QED) is 0.689. The summed E-state index contributed by atoms with van der Waals surface area (Å²) in [5, 5.41) is 11.8. The molecule has 0 spiro atoms. The maximum absolute atomic E-state index is 11.8. The van der Waals surface area contributed by atoms with Gasteiger partial charge in [-0.3, -0.25) is 0 Å². The lowest BCUT2D eigenvalue weighted by Gasteiger charge is -2.23. The molecule has 0 aromatic rings. The van der Waals surface area contributed by atoms with Crippen molar-refractivity contribution < 1.29 is 14.6 Å². The molecule has 5 heteroatoms. The van der Waals surface area contributed by atoms with Gasteiger partial charge in [-0.25, -0.2) is 4.79 Å². The first kappa shape index (κ1) is 10.7. The van der Waals surface area contributed by atoms with Gasteiger partial charge in [0.15, 0.2) is 0 Å². The Morgan fingerprint density at radius 2 is 2.27 bits per heavy atom. The Hall–Kier alpha value is -0.810. The Bertz CT molecular complexity index is 225. The molecule has 1 heterocycles. The fraction of sp³-hybridized carbons (Fsp3) is 0.900. The van der Waals surface area contributed by atoms with Crippen LogP contribution in [0.15, 0.2) is 0 Å². The van der Waals surface area contributed by atoms with Crippen LogP contribution >= 0.6 is 0 Å². The fourth-order valence-electron chi connectivity index (χ4n) is 1.85. The zero-order valence-corrected chi connectivity index (χ0v) is 8.82. The molecule has 1 atom stereocenters. The maximum Gasteiger partial charge on any atom is 0.318 e. The van der Waals surface area contributed by atoms with E-state index in [1.807, 2.05) is 0 Å². The van der Waals surface area contributed by atoms with E-state index in [1.165, 1.54) is 0 Å². The molecule has 0 radical (unpaired) electrons. The van der Waals surface area contributed by atoms with E-state index in [2.05, 4.69) is 5.32 Å². The van der Waals surface area contributed by atoms with E-state index in [0.717, 1.165) is 25.9 Å². The molecule has 1 saturated carbocycles. The van der Waals surface area contributed by atoms with Crippen LogP contribution in [-0.4, -0.2) is 54.5 Å². The number of amides is 2. The van der Waals surface area contributed by atoms with Gasteiger partial charge < -0.3 is 20.1 Å². The summed E-state index contributed by atoms with van der Waals surface area (Å²) in [5.41, 5.74) is 0. The summed E-state index contributed by atoms with van der Waals surface area (Å²) in [6.07, 6.45) is 3.02. The number of carbonyl (C=O) groups excluding carboxylic acids is 1. The molecule has 2 aliphatic rings. The standard InChI is InChI=1S/C10H18N2O3/c13-5-4-12(9-1-2-9)10(14)11-8-3-6-15-7-8/h8-9,13H,1-7H2,(H,11,14). The normalized spacial score (nSPS) is 25.3. The molecular formula is C10H18N2O3. The number of hydrogen-bond donors (Lipinski definition) is 2. The van der Waals surface area contributed by atoms with Crippen LogP contribution < -0.4 is 5.32 Å². The molecule has 0 aromatic heterocycles. The van der Waals surface area contributed by atoms with E-state index in [0.29, 0.717) is 19.2 Å². The van der Waals surface area contributed by atoms with E-state index in [9.17, 15) is 4.79 Å². The summed E-state index contributed by atoms with van der Waals surface area (Å²) in [6, 6.07) is 0.443. The number of nitrogens with one attached hydrogen (secondary N) is 1. The fourth-order valence-corrected chi connectivity index (χ4v) is 1.85. The lowest BCUT2D eigenvalue weighted by molar-refractivity contribution is 0.164. The Balaban J connectivity index is 1.80. The van der Waals surface area contributed by atoms with Gasteiger partial charge in [-0.15, -0.1) is 0 Å². The van der Waals surface area contributed by atoms with Crippen molar-refractivity contribution in [1.29, 1.82) is 0 Å². The second-order valence-electron chi connectivity index (χ2n) is 4.16. The van der Waals surface area contributed by atoms with Crippen LogP contribution in [0.2, 0.25) is 0 Å². The van der Waals surface area contributed by atoms with Crippen LogP contribution in [0, 0.1) is 0 Å². The molecule has 15 heavy (non-hydrogen) atoms. The summed E-state index contributed by atoms with van der Waals surface area (Å²) in [6.45, 7) is 1.81. The SMILES string of the molecule is O=C(NC1CCOC1)N(CCO)C1CC1. The average Bonchev–Trinajstić information content (AvgIpc) is 2.93. The summed E-state index contributed by atoms with van der Waals surface area (Å²) < 4.78 is 5.19. The Kier molecular flexibility index (Phi) is 3.43. The highest BCUT2D eigenvalue weighted by Gasteiger charge is 2.33. The first-order chi connectivity index (χ1) is 7.31. The molecule has 1 aliphatic heterocycles. The minimum Gasteiger partial charge on any atom is -0.395 e. The average molecular weight is 214 g/mol. The van der Waals surface area contributed by atoms with Gasteiger partial charge in [0.25, 0.3) is 0 Å². The van der Waals surface area contributed by atoms with Crippen molar-refractivity contribution in [3.63, 3.8) is 0 Å². The number of aliphatic hydroxyl groups excluding tert-OH is 1. The van der Waals surface area contributed by atoms with E-state index in [4.69, 9.17) is 9.84 Å². The topological polar surface area (TPSA) is 61.8 Å². The van der Waals surface area contributed by atoms with E-state index in [1.54, 1.807) is 4.90 Å². The Morgan fingerprint density at radius 3 is 2.80 bits per heavy atom. The largest absolute Gasteiger partial charge is 0.395 e. The number of hydrogen-bond acceptors (Lipinski definition) is 3. The van der Waals surface area contributed by atoms with Crippen LogP contribution in [0.4, 0.5) is 4.79 Å². The molecule has 0 aromatic carbocycles. The van der Waals surface area contributed by atoms with Gasteiger partial charge >= 0.3 is 6.03 Å². The number of rotatable bonds is 4. The number of urea groups is 1. The lowest BCUT2D eigenvalue weighted by Crippen LogP contribution is -2.47. The zero-order valence-electron chi connectivity index (χ0n) is 8.82. The van der Waals surface area contributed by atoms with Crippen molar-refractivity contribution >= 4 is 6.03 Å². The van der Waals surface area contributed by atoms with Crippen LogP contribution in [0.25, 0.3) is 0 Å². The second-order valence-corrected chi connectivity index (χ2v) is 4.16. The van der Waals surface area contributed by atoms with Crippen LogP contribution in [-0.2, 0) is 4.74 Å². The highest BCUT2D eigenvalue weighted by atomic mass is 16.5. The molecule has 1 unspecified atom stereocenters. The third-order valence-electron chi connectivity index (χ3n) is 2.85. The molecule has 2 rings (SSSR count). The third kappa shape index (κ3) is 2.82. The van der Waals surface area contributed by atoms with E-state index in [-0.39, 0.29) is 18.7 Å². The number of carbonyl (C=O) groups is 1. The molecule has 2 fully saturated rings. The van der Waals surface area contributed by atoms with Crippen molar-refractivity contribution in [2.75, 3.05) is 26.4 Å². The van der Waals surface area contributed by atoms with Crippen molar-refractivity contribution in [1.82, 2.24) is 10.2 Å². The van der Waals surface area contributed by atoms with Gasteiger partial charge in [-0.1, -0.05) is 0 Å². The first-order valence-electron chi connectivity index (χ1n) is 5.57. The molecule has 5 nitrogen and oxygen atoms in total. The first-order valence-corrected chi connectivity index (χ1v) is 5.57. The van der Waals surface area contributed by atoms with Gasteiger partial charge in [0, 0.05) is 19.2 Å². The maximum atomic E-state index is 11.8. The van der Waals surface area contributed by atoms with Crippen molar-refractivity contribution in [2.45, 2.75) is 31.3 Å². The monoisotopic (exact) mass is 214 g/mol. The summed E-state index contributed by atoms with van der Waals surface area (Å²) in [7, 11) is 0. The van der Waals surface area contributed by atoms with Gasteiger partial charge in [0.1, 0.15) is 0 Å². The van der Waals surface area contributed by atoms with Gasteiger partial charge in [-0.05, 0) is 19.3 Å². The number of nitrogens with zero attached hydrogens (tertiary/aromatic N) is 1. The summed E-state index contributed by atoms with van der Waals surface area (Å²) >= 11 is 0. The van der Waals surface area contributed by atoms with Gasteiger partial charge in [0.2, 0.25) is 0 Å². The van der Waals surface area contributed by atoms with Crippen LogP contribution in [0.3, 0.4) is 0 Å². The highest BCUT2D eigenvalue weighted by molar-refractivity contribution is 5.75. The third-order valence-corrected chi connectivity index (χ3v) is 2.85. The molecular weight excluding hydrogens is 196 g/mol.